The molecule has 0 bridgehead atoms. The van der Waals surface area contributed by atoms with E-state index in [2.05, 4.69) is 20.9 Å². The molecule has 0 aliphatic heterocycles. The maximum absolute atomic E-state index is 10.6. The highest BCUT2D eigenvalue weighted by atomic mass is 79.9. The van der Waals surface area contributed by atoms with Crippen molar-refractivity contribution in [3.63, 3.8) is 0 Å². The van der Waals surface area contributed by atoms with E-state index in [0.717, 1.165) is 10.0 Å². The fraction of sp³-hybridized carbons (Fsp3) is 0.250. The number of aryl methyl sites for hydroxylation is 1. The molecule has 0 saturated heterocycles. The van der Waals surface area contributed by atoms with Crippen molar-refractivity contribution in [2.24, 2.45) is 0 Å². The van der Waals surface area contributed by atoms with Gasteiger partial charge in [-0.25, -0.2) is 9.78 Å². The number of carboxylic acid groups (broad SMARTS) is 1. The second kappa shape index (κ2) is 5.24. The largest absolute Gasteiger partial charge is 0.477 e. The lowest BCUT2D eigenvalue weighted by Gasteiger charge is -2.01. The number of rotatable bonds is 2. The van der Waals surface area contributed by atoms with Crippen molar-refractivity contribution in [2.75, 3.05) is 0 Å². The second-order valence-corrected chi connectivity index (χ2v) is 3.24. The Labute approximate surface area is 91.8 Å². The van der Waals surface area contributed by atoms with E-state index in [1.807, 2.05) is 6.92 Å². The van der Waals surface area contributed by atoms with Gasteiger partial charge in [-0.05, 0) is 34.0 Å². The topological polar surface area (TPSA) is 50.2 Å². The summed E-state index contributed by atoms with van der Waals surface area (Å²) in [5.74, 6) is -0.973. The van der Waals surface area contributed by atoms with E-state index >= 15 is 0 Å². The number of hydrogen-bond acceptors (Lipinski definition) is 2. The molecule has 1 N–H and O–H groups in total. The number of carboxylic acids is 1. The minimum absolute atomic E-state index is 0. The SMILES string of the molecule is CCc1cc(Br)cnc1C(=O)O.S. The molecule has 3 nitrogen and oxygen atoms in total. The van der Waals surface area contributed by atoms with Gasteiger partial charge in [0.1, 0.15) is 0 Å². The monoisotopic (exact) mass is 263 g/mol. The average molecular weight is 264 g/mol. The minimum atomic E-state index is -0.973. The first-order valence-electron chi connectivity index (χ1n) is 3.53. The number of aromatic carboxylic acids is 1. The zero-order chi connectivity index (χ0) is 9.14. The summed E-state index contributed by atoms with van der Waals surface area (Å²) in [4.78, 5) is 14.4. The van der Waals surface area contributed by atoms with Gasteiger partial charge in [-0.1, -0.05) is 6.92 Å². The van der Waals surface area contributed by atoms with Crippen LogP contribution in [-0.4, -0.2) is 16.1 Å². The van der Waals surface area contributed by atoms with Crippen molar-refractivity contribution in [2.45, 2.75) is 13.3 Å². The van der Waals surface area contributed by atoms with Crippen molar-refractivity contribution in [3.8, 4) is 0 Å². The van der Waals surface area contributed by atoms with Crippen LogP contribution in [0.5, 0.6) is 0 Å². The third kappa shape index (κ3) is 3.00. The maximum Gasteiger partial charge on any atom is 0.354 e. The Morgan fingerprint density at radius 2 is 2.31 bits per heavy atom. The Balaban J connectivity index is 0.00000144. The maximum atomic E-state index is 10.6. The van der Waals surface area contributed by atoms with Crippen LogP contribution in [0.4, 0.5) is 0 Å². The Bertz CT molecular complexity index is 317. The van der Waals surface area contributed by atoms with Crippen LogP contribution in [0.2, 0.25) is 0 Å². The van der Waals surface area contributed by atoms with Crippen molar-refractivity contribution >= 4 is 35.4 Å². The third-order valence-electron chi connectivity index (χ3n) is 1.52. The Kier molecular flexibility index (Phi) is 5.02. The Hall–Kier alpha value is -0.550. The summed E-state index contributed by atoms with van der Waals surface area (Å²) in [6, 6.07) is 1.77. The van der Waals surface area contributed by atoms with Gasteiger partial charge in [0.25, 0.3) is 0 Å². The molecule has 0 aliphatic carbocycles. The van der Waals surface area contributed by atoms with E-state index in [1.165, 1.54) is 6.20 Å². The van der Waals surface area contributed by atoms with Crippen molar-refractivity contribution in [1.82, 2.24) is 4.98 Å². The lowest BCUT2D eigenvalue weighted by molar-refractivity contribution is 0.0689. The number of pyridine rings is 1. The highest BCUT2D eigenvalue weighted by Crippen LogP contribution is 2.14. The first kappa shape index (κ1) is 12.4. The second-order valence-electron chi connectivity index (χ2n) is 2.32. The normalized spacial score (nSPS) is 9.08. The van der Waals surface area contributed by atoms with Crippen LogP contribution in [0.15, 0.2) is 16.7 Å². The van der Waals surface area contributed by atoms with Crippen molar-refractivity contribution in [1.29, 1.82) is 0 Å². The molecule has 0 aromatic carbocycles. The molecule has 1 rings (SSSR count). The quantitative estimate of drug-likeness (QED) is 0.891. The van der Waals surface area contributed by atoms with Crippen molar-refractivity contribution in [3.05, 3.63) is 28.0 Å². The summed E-state index contributed by atoms with van der Waals surface area (Å²) in [7, 11) is 0. The summed E-state index contributed by atoms with van der Waals surface area (Å²) >= 11 is 3.23. The zero-order valence-electron chi connectivity index (χ0n) is 7.04. The first-order chi connectivity index (χ1) is 5.65. The molecule has 1 heterocycles. The number of hydrogen-bond donors (Lipinski definition) is 1. The molecule has 0 amide bonds. The molecular weight excluding hydrogens is 254 g/mol. The number of nitrogens with zero attached hydrogens (tertiary/aromatic N) is 1. The molecule has 0 aliphatic rings. The van der Waals surface area contributed by atoms with E-state index in [4.69, 9.17) is 5.11 Å². The Morgan fingerprint density at radius 1 is 1.69 bits per heavy atom. The van der Waals surface area contributed by atoms with E-state index in [-0.39, 0.29) is 19.2 Å². The molecule has 1 aromatic heterocycles. The van der Waals surface area contributed by atoms with Gasteiger partial charge in [-0.2, -0.15) is 13.5 Å². The number of aromatic nitrogens is 1. The van der Waals surface area contributed by atoms with Gasteiger partial charge in [-0.3, -0.25) is 0 Å². The smallest absolute Gasteiger partial charge is 0.354 e. The van der Waals surface area contributed by atoms with Crippen molar-refractivity contribution < 1.29 is 9.90 Å². The summed E-state index contributed by atoms with van der Waals surface area (Å²) in [6.45, 7) is 1.90. The van der Waals surface area contributed by atoms with Crippen LogP contribution in [0.3, 0.4) is 0 Å². The number of halogens is 1. The zero-order valence-corrected chi connectivity index (χ0v) is 9.63. The van der Waals surface area contributed by atoms with Gasteiger partial charge in [0, 0.05) is 10.7 Å². The minimum Gasteiger partial charge on any atom is -0.477 e. The van der Waals surface area contributed by atoms with Gasteiger partial charge in [0.15, 0.2) is 5.69 Å². The molecule has 13 heavy (non-hydrogen) atoms. The van der Waals surface area contributed by atoms with E-state index in [0.29, 0.717) is 6.42 Å². The van der Waals surface area contributed by atoms with Crippen LogP contribution in [0, 0.1) is 0 Å². The predicted octanol–water partition coefficient (Wildman–Crippen LogP) is 2.22. The average Bonchev–Trinajstić information content (AvgIpc) is 2.03. The lowest BCUT2D eigenvalue weighted by atomic mass is 10.1. The lowest BCUT2D eigenvalue weighted by Crippen LogP contribution is -2.04. The van der Waals surface area contributed by atoms with Crippen LogP contribution < -0.4 is 0 Å². The Morgan fingerprint density at radius 3 is 2.77 bits per heavy atom. The highest BCUT2D eigenvalue weighted by molar-refractivity contribution is 9.10. The van der Waals surface area contributed by atoms with Crippen LogP contribution in [0.1, 0.15) is 23.0 Å². The van der Waals surface area contributed by atoms with Crippen LogP contribution in [-0.2, 0) is 6.42 Å². The highest BCUT2D eigenvalue weighted by Gasteiger charge is 2.09. The van der Waals surface area contributed by atoms with Gasteiger partial charge in [-0.15, -0.1) is 0 Å². The molecule has 0 saturated carbocycles. The molecular formula is C8H10BrNO2S. The fourth-order valence-electron chi connectivity index (χ4n) is 0.943. The van der Waals surface area contributed by atoms with Gasteiger partial charge < -0.3 is 5.11 Å². The molecule has 0 fully saturated rings. The van der Waals surface area contributed by atoms with Gasteiger partial charge >= 0.3 is 5.97 Å². The summed E-state index contributed by atoms with van der Waals surface area (Å²) < 4.78 is 0.810. The molecule has 0 atom stereocenters. The first-order valence-corrected chi connectivity index (χ1v) is 4.32. The van der Waals surface area contributed by atoms with E-state index < -0.39 is 5.97 Å². The molecule has 0 unspecified atom stereocenters. The predicted molar refractivity (Wildman–Crippen MR) is 58.7 cm³/mol. The van der Waals surface area contributed by atoms with Crippen LogP contribution >= 0.6 is 29.4 Å². The molecule has 0 spiro atoms. The molecule has 5 heteroatoms. The van der Waals surface area contributed by atoms with Gasteiger partial charge in [0.05, 0.1) is 0 Å². The third-order valence-corrected chi connectivity index (χ3v) is 1.95. The molecule has 1 aromatic rings. The fourth-order valence-corrected chi connectivity index (χ4v) is 1.32. The standard InChI is InChI=1S/C8H8BrNO2.H2S/c1-2-5-3-6(9)4-10-7(5)8(11)12;/h3-4H,2H2,1H3,(H,11,12);1H2. The molecule has 0 radical (unpaired) electrons. The summed E-state index contributed by atoms with van der Waals surface area (Å²) in [5.41, 5.74) is 0.887. The van der Waals surface area contributed by atoms with Crippen LogP contribution in [0.25, 0.3) is 0 Å². The number of carbonyl (C=O) groups is 1. The summed E-state index contributed by atoms with van der Waals surface area (Å²) in [6.07, 6.45) is 2.16. The van der Waals surface area contributed by atoms with E-state index in [1.54, 1.807) is 6.07 Å². The van der Waals surface area contributed by atoms with E-state index in [9.17, 15) is 4.79 Å². The summed E-state index contributed by atoms with van der Waals surface area (Å²) in [5, 5.41) is 8.71. The molecule has 72 valence electrons. The van der Waals surface area contributed by atoms with Gasteiger partial charge in [0.2, 0.25) is 0 Å².